The average molecular weight is 311 g/mol. The number of carbonyl (C=O) groups is 1. The summed E-state index contributed by atoms with van der Waals surface area (Å²) in [6, 6.07) is 2.92. The van der Waals surface area contributed by atoms with Gasteiger partial charge < -0.3 is 9.64 Å². The Balaban J connectivity index is 2.75. The van der Waals surface area contributed by atoms with Crippen molar-refractivity contribution in [3.05, 3.63) is 29.7 Å². The van der Waals surface area contributed by atoms with E-state index in [2.05, 4.69) is 10.9 Å². The second-order valence-corrected chi connectivity index (χ2v) is 4.44. The molecule has 0 aliphatic carbocycles. The second kappa shape index (κ2) is 5.60. The maximum Gasteiger partial charge on any atom is 0.435 e. The van der Waals surface area contributed by atoms with Crippen molar-refractivity contribution in [1.82, 2.24) is 14.3 Å². The van der Waals surface area contributed by atoms with Crippen LogP contribution in [0.2, 0.25) is 0 Å². The lowest BCUT2D eigenvalue weighted by molar-refractivity contribution is -0.141. The smallest absolute Gasteiger partial charge is 0.435 e. The molecule has 0 aromatic carbocycles. The van der Waals surface area contributed by atoms with E-state index < -0.39 is 23.5 Å². The third kappa shape index (κ3) is 2.57. The van der Waals surface area contributed by atoms with E-state index in [0.29, 0.717) is 0 Å². The third-order valence-corrected chi connectivity index (χ3v) is 2.98. The highest BCUT2D eigenvalue weighted by molar-refractivity contribution is 5.95. The van der Waals surface area contributed by atoms with Crippen LogP contribution in [0.15, 0.2) is 18.3 Å². The van der Waals surface area contributed by atoms with Gasteiger partial charge in [0.15, 0.2) is 17.1 Å². The maximum absolute atomic E-state index is 13.2. The molecule has 0 aliphatic heterocycles. The Hall–Kier alpha value is -2.69. The van der Waals surface area contributed by atoms with Crippen molar-refractivity contribution in [2.75, 3.05) is 20.7 Å². The number of hydrogen-bond acceptors (Lipinski definition) is 3. The number of amides is 1. The summed E-state index contributed by atoms with van der Waals surface area (Å²) >= 11 is 0. The Morgan fingerprint density at radius 2 is 2.23 bits per heavy atom. The number of carbonyl (C=O) groups excluding carboxylic acids is 1. The Labute approximate surface area is 124 Å². The van der Waals surface area contributed by atoms with E-state index in [-0.39, 0.29) is 17.9 Å². The monoisotopic (exact) mass is 311 g/mol. The van der Waals surface area contributed by atoms with E-state index in [1.807, 2.05) is 0 Å². The van der Waals surface area contributed by atoms with Gasteiger partial charge in [-0.05, 0) is 12.1 Å². The molecule has 0 saturated heterocycles. The molecule has 2 heterocycles. The zero-order chi connectivity index (χ0) is 16.5. The fraction of sp³-hybridized carbons (Fsp3) is 0.286. The number of alkyl halides is 3. The molecule has 0 saturated carbocycles. The molecule has 2 aromatic heterocycles. The van der Waals surface area contributed by atoms with E-state index in [9.17, 15) is 18.0 Å². The number of fused-ring (bicyclic) bond motifs is 1. The van der Waals surface area contributed by atoms with Crippen molar-refractivity contribution in [2.24, 2.45) is 0 Å². The molecule has 0 fully saturated rings. The number of aromatic nitrogens is 2. The van der Waals surface area contributed by atoms with Crippen molar-refractivity contribution in [3.63, 3.8) is 0 Å². The Morgan fingerprint density at radius 3 is 2.77 bits per heavy atom. The second-order valence-electron chi connectivity index (χ2n) is 4.44. The van der Waals surface area contributed by atoms with Crippen LogP contribution < -0.4 is 4.74 Å². The minimum Gasteiger partial charge on any atom is -0.493 e. The molecule has 116 valence electrons. The highest BCUT2D eigenvalue weighted by Gasteiger charge is 2.41. The molecular formula is C14H12F3N3O2. The standard InChI is InChI=1S/C14H12F3N3O2/c1-4-7-19(2)13(21)10-11(14(15,16)17)18-12-9(22-3)6-5-8-20(10)12/h1,5-6,8H,7H2,2-3H3. The summed E-state index contributed by atoms with van der Waals surface area (Å²) in [6.45, 7) is -0.118. The van der Waals surface area contributed by atoms with Gasteiger partial charge in [-0.3, -0.25) is 9.20 Å². The number of halogens is 3. The van der Waals surface area contributed by atoms with Crippen LogP contribution in [0.1, 0.15) is 16.2 Å². The lowest BCUT2D eigenvalue weighted by Crippen LogP contribution is -2.30. The number of hydrogen-bond donors (Lipinski definition) is 0. The van der Waals surface area contributed by atoms with E-state index in [4.69, 9.17) is 11.2 Å². The number of imidazole rings is 1. The number of terminal acetylenes is 1. The van der Waals surface area contributed by atoms with Gasteiger partial charge in [0.1, 0.15) is 5.69 Å². The van der Waals surface area contributed by atoms with Crippen molar-refractivity contribution in [2.45, 2.75) is 6.18 Å². The zero-order valence-corrected chi connectivity index (χ0v) is 11.8. The van der Waals surface area contributed by atoms with Crippen LogP contribution in [0.25, 0.3) is 5.65 Å². The molecule has 22 heavy (non-hydrogen) atoms. The van der Waals surface area contributed by atoms with Crippen LogP contribution in [-0.4, -0.2) is 40.9 Å². The van der Waals surface area contributed by atoms with Gasteiger partial charge in [-0.2, -0.15) is 13.2 Å². The van der Waals surface area contributed by atoms with Crippen molar-refractivity contribution < 1.29 is 22.7 Å². The third-order valence-electron chi connectivity index (χ3n) is 2.98. The largest absolute Gasteiger partial charge is 0.493 e. The van der Waals surface area contributed by atoms with E-state index >= 15 is 0 Å². The molecule has 5 nitrogen and oxygen atoms in total. The van der Waals surface area contributed by atoms with Gasteiger partial charge in [0, 0.05) is 13.2 Å². The molecule has 0 N–H and O–H groups in total. The number of ether oxygens (including phenoxy) is 1. The normalized spacial score (nSPS) is 11.3. The molecule has 0 spiro atoms. The Bertz CT molecular complexity index is 759. The van der Waals surface area contributed by atoms with Crippen molar-refractivity contribution in [1.29, 1.82) is 0 Å². The molecule has 0 bridgehead atoms. The summed E-state index contributed by atoms with van der Waals surface area (Å²) in [4.78, 5) is 16.8. The number of nitrogens with zero attached hydrogens (tertiary/aromatic N) is 3. The lowest BCUT2D eigenvalue weighted by atomic mass is 10.2. The van der Waals surface area contributed by atoms with Gasteiger partial charge >= 0.3 is 6.18 Å². The Morgan fingerprint density at radius 1 is 1.55 bits per heavy atom. The van der Waals surface area contributed by atoms with Crippen molar-refractivity contribution >= 4 is 11.6 Å². The van der Waals surface area contributed by atoms with Gasteiger partial charge in [0.05, 0.1) is 13.7 Å². The molecule has 0 atom stereocenters. The summed E-state index contributed by atoms with van der Waals surface area (Å²) in [5.41, 5.74) is -1.96. The van der Waals surface area contributed by atoms with Crippen LogP contribution in [-0.2, 0) is 6.18 Å². The summed E-state index contributed by atoms with van der Waals surface area (Å²) in [7, 11) is 2.63. The first-order valence-corrected chi connectivity index (χ1v) is 6.12. The molecule has 1 amide bonds. The topological polar surface area (TPSA) is 46.8 Å². The summed E-state index contributed by atoms with van der Waals surface area (Å²) in [6.07, 6.45) is 1.63. The van der Waals surface area contributed by atoms with E-state index in [1.165, 1.54) is 32.5 Å². The van der Waals surface area contributed by atoms with Crippen LogP contribution in [0.5, 0.6) is 5.75 Å². The summed E-state index contributed by atoms with van der Waals surface area (Å²) in [5, 5.41) is 0. The zero-order valence-electron chi connectivity index (χ0n) is 11.8. The highest BCUT2D eigenvalue weighted by atomic mass is 19.4. The summed E-state index contributed by atoms with van der Waals surface area (Å²) < 4.78 is 45.7. The molecule has 0 radical (unpaired) electrons. The number of rotatable bonds is 3. The van der Waals surface area contributed by atoms with Crippen LogP contribution in [0.3, 0.4) is 0 Å². The van der Waals surface area contributed by atoms with Gasteiger partial charge in [0.2, 0.25) is 0 Å². The maximum atomic E-state index is 13.2. The first-order valence-electron chi connectivity index (χ1n) is 6.12. The summed E-state index contributed by atoms with van der Waals surface area (Å²) in [5.74, 6) is 1.47. The molecule has 0 aliphatic rings. The van der Waals surface area contributed by atoms with E-state index in [0.717, 1.165) is 9.30 Å². The molecule has 0 unspecified atom stereocenters. The highest BCUT2D eigenvalue weighted by Crippen LogP contribution is 2.34. The number of methoxy groups -OCH3 is 1. The quantitative estimate of drug-likeness (QED) is 0.815. The lowest BCUT2D eigenvalue weighted by Gasteiger charge is -2.15. The first kappa shape index (κ1) is 15.7. The van der Waals surface area contributed by atoms with Crippen LogP contribution >= 0.6 is 0 Å². The molecule has 2 aromatic rings. The fourth-order valence-electron chi connectivity index (χ4n) is 1.99. The molecular weight excluding hydrogens is 299 g/mol. The predicted octanol–water partition coefficient (Wildman–Crippen LogP) is 2.07. The van der Waals surface area contributed by atoms with E-state index in [1.54, 1.807) is 0 Å². The van der Waals surface area contributed by atoms with Crippen LogP contribution in [0, 0.1) is 12.3 Å². The van der Waals surface area contributed by atoms with Gasteiger partial charge in [-0.15, -0.1) is 6.42 Å². The molecule has 8 heteroatoms. The van der Waals surface area contributed by atoms with Gasteiger partial charge in [0.25, 0.3) is 5.91 Å². The predicted molar refractivity (Wildman–Crippen MR) is 72.5 cm³/mol. The minimum atomic E-state index is -4.78. The number of pyridine rings is 1. The van der Waals surface area contributed by atoms with Crippen molar-refractivity contribution in [3.8, 4) is 18.1 Å². The Kier molecular flexibility index (Phi) is 3.99. The average Bonchev–Trinajstić information content (AvgIpc) is 2.86. The SMILES string of the molecule is C#CCN(C)C(=O)c1c(C(F)(F)F)nc2c(OC)cccn12. The van der Waals surface area contributed by atoms with Gasteiger partial charge in [-0.25, -0.2) is 4.98 Å². The van der Waals surface area contributed by atoms with Crippen LogP contribution in [0.4, 0.5) is 13.2 Å². The first-order chi connectivity index (χ1) is 10.3. The van der Waals surface area contributed by atoms with Gasteiger partial charge in [-0.1, -0.05) is 5.92 Å². The minimum absolute atomic E-state index is 0.0882. The fourth-order valence-corrected chi connectivity index (χ4v) is 1.99. The molecule has 2 rings (SSSR count).